The predicted octanol–water partition coefficient (Wildman–Crippen LogP) is 3.13. The topological polar surface area (TPSA) is 64.6 Å². The smallest absolute Gasteiger partial charge is 0.322 e. The number of carbonyl (C=O) groups excluding carboxylic acids is 1. The van der Waals surface area contributed by atoms with Crippen LogP contribution in [0.3, 0.4) is 0 Å². The molecule has 0 aromatic heterocycles. The molecule has 1 saturated heterocycles. The van der Waals surface area contributed by atoms with Gasteiger partial charge in [0, 0.05) is 18.2 Å². The Balaban J connectivity index is 1.57. The van der Waals surface area contributed by atoms with Gasteiger partial charge in [-0.2, -0.15) is 0 Å². The first-order chi connectivity index (χ1) is 11.7. The van der Waals surface area contributed by atoms with E-state index in [-0.39, 0.29) is 30.6 Å². The Morgan fingerprint density at radius 2 is 2.00 bits per heavy atom. The highest BCUT2D eigenvalue weighted by atomic mass is 35.5. The minimum absolute atomic E-state index is 0.0273. The number of likely N-dealkylation sites (tertiary alicyclic amines) is 1. The monoisotopic (exact) mass is 343 g/mol. The van der Waals surface area contributed by atoms with Gasteiger partial charge in [-0.25, -0.2) is 4.79 Å². The highest BCUT2D eigenvalue weighted by Gasteiger charge is 2.53. The lowest BCUT2D eigenvalue weighted by atomic mass is 9.73. The predicted molar refractivity (Wildman–Crippen MR) is 94.6 cm³/mol. The summed E-state index contributed by atoms with van der Waals surface area (Å²) in [5.41, 5.74) is 2.83. The van der Waals surface area contributed by atoms with Crippen LogP contribution in [0.15, 0.2) is 48.5 Å². The third-order valence-electron chi connectivity index (χ3n) is 4.90. The van der Waals surface area contributed by atoms with Crippen LogP contribution < -0.4 is 10.6 Å². The summed E-state index contributed by atoms with van der Waals surface area (Å²) >= 11 is 6.11. The number of para-hydroxylation sites is 2. The third kappa shape index (κ3) is 2.32. The Kier molecular flexibility index (Phi) is 3.82. The number of fused-ring (bicyclic) bond motifs is 3. The summed E-state index contributed by atoms with van der Waals surface area (Å²) in [4.78, 5) is 14.4. The van der Waals surface area contributed by atoms with Crippen LogP contribution in [0, 0.1) is 0 Å². The van der Waals surface area contributed by atoms with Gasteiger partial charge in [0.25, 0.3) is 0 Å². The molecule has 5 nitrogen and oxygen atoms in total. The second-order valence-electron chi connectivity index (χ2n) is 6.13. The van der Waals surface area contributed by atoms with Gasteiger partial charge in [-0.05, 0) is 23.8 Å². The molecule has 2 aromatic carbocycles. The summed E-state index contributed by atoms with van der Waals surface area (Å²) in [6, 6.07) is 14.8. The molecule has 2 aliphatic rings. The largest absolute Gasteiger partial charge is 0.394 e. The molecule has 3 atom stereocenters. The second kappa shape index (κ2) is 6.00. The number of halogens is 1. The maximum atomic E-state index is 12.7. The molecule has 2 aromatic rings. The van der Waals surface area contributed by atoms with Crippen molar-refractivity contribution >= 4 is 29.0 Å². The molecule has 1 fully saturated rings. The van der Waals surface area contributed by atoms with Crippen LogP contribution >= 0.6 is 11.6 Å². The van der Waals surface area contributed by atoms with Crippen molar-refractivity contribution in [2.45, 2.75) is 18.0 Å². The molecule has 4 rings (SSSR count). The molecule has 0 bridgehead atoms. The van der Waals surface area contributed by atoms with Crippen molar-refractivity contribution in [1.29, 1.82) is 0 Å². The molecule has 2 heterocycles. The molecule has 124 valence electrons. The van der Waals surface area contributed by atoms with Gasteiger partial charge in [-0.15, -0.1) is 0 Å². The zero-order chi connectivity index (χ0) is 16.7. The summed E-state index contributed by atoms with van der Waals surface area (Å²) in [7, 11) is 0. The van der Waals surface area contributed by atoms with E-state index in [4.69, 9.17) is 11.6 Å². The van der Waals surface area contributed by atoms with Crippen LogP contribution in [0.2, 0.25) is 5.02 Å². The number of aliphatic hydroxyl groups excluding tert-OH is 1. The van der Waals surface area contributed by atoms with Gasteiger partial charge in [-0.3, -0.25) is 0 Å². The molecule has 2 amide bonds. The quantitative estimate of drug-likeness (QED) is 0.785. The van der Waals surface area contributed by atoms with Crippen LogP contribution in [0.25, 0.3) is 0 Å². The number of aliphatic hydroxyl groups is 1. The second-order valence-corrected chi connectivity index (χ2v) is 6.54. The van der Waals surface area contributed by atoms with Crippen molar-refractivity contribution in [2.75, 3.05) is 23.8 Å². The number of hydrogen-bond donors (Lipinski definition) is 3. The van der Waals surface area contributed by atoms with Crippen molar-refractivity contribution < 1.29 is 9.90 Å². The van der Waals surface area contributed by atoms with Gasteiger partial charge in [0.1, 0.15) is 0 Å². The fourth-order valence-electron chi connectivity index (χ4n) is 3.80. The molecule has 2 aliphatic heterocycles. The molecule has 0 radical (unpaired) electrons. The molecule has 0 aliphatic carbocycles. The molecular formula is C18H18ClN3O2. The molecule has 0 spiro atoms. The van der Waals surface area contributed by atoms with E-state index >= 15 is 0 Å². The van der Waals surface area contributed by atoms with Gasteiger partial charge >= 0.3 is 6.03 Å². The summed E-state index contributed by atoms with van der Waals surface area (Å²) in [6.07, 6.45) is 0. The lowest BCUT2D eigenvalue weighted by molar-refractivity contribution is 0.000873. The van der Waals surface area contributed by atoms with Crippen LogP contribution in [-0.2, 0) is 0 Å². The van der Waals surface area contributed by atoms with E-state index in [9.17, 15) is 9.90 Å². The van der Waals surface area contributed by atoms with E-state index in [1.54, 1.807) is 17.0 Å². The Bertz CT molecular complexity index is 782. The van der Waals surface area contributed by atoms with Crippen molar-refractivity contribution in [3.05, 3.63) is 59.1 Å². The Hall–Kier alpha value is -2.24. The Morgan fingerprint density at radius 1 is 1.25 bits per heavy atom. The average Bonchev–Trinajstić information content (AvgIpc) is 2.57. The molecular weight excluding hydrogens is 326 g/mol. The Morgan fingerprint density at radius 3 is 2.79 bits per heavy atom. The van der Waals surface area contributed by atoms with Crippen LogP contribution in [-0.4, -0.2) is 41.3 Å². The van der Waals surface area contributed by atoms with Gasteiger partial charge in [0.15, 0.2) is 0 Å². The number of benzene rings is 2. The number of rotatable bonds is 2. The number of nitrogens with zero attached hydrogens (tertiary/aromatic N) is 1. The first-order valence-corrected chi connectivity index (χ1v) is 8.36. The van der Waals surface area contributed by atoms with Gasteiger partial charge in [-0.1, -0.05) is 41.9 Å². The highest BCUT2D eigenvalue weighted by molar-refractivity contribution is 6.33. The van der Waals surface area contributed by atoms with E-state index < -0.39 is 0 Å². The standard InChI is InChI=1S/C18H18ClN3O2/c19-12-6-2-4-8-14(12)21-18(24)22-15-9-20-13-7-3-1-5-11(13)17(15)16(22)10-23/h1-8,15-17,20,23H,9-10H2,(H,21,24)/t15-,16+,17+/m0/s1. The molecule has 0 unspecified atom stereocenters. The van der Waals surface area contributed by atoms with Crippen LogP contribution in [0.5, 0.6) is 0 Å². The van der Waals surface area contributed by atoms with Crippen molar-refractivity contribution in [3.8, 4) is 0 Å². The SMILES string of the molecule is O=C(Nc1ccccc1Cl)N1[C@H](CO)[C@@H]2c3ccccc3NC[C@@H]21. The molecule has 0 saturated carbocycles. The van der Waals surface area contributed by atoms with Crippen LogP contribution in [0.1, 0.15) is 11.5 Å². The fraction of sp³-hybridized carbons (Fsp3) is 0.278. The lowest BCUT2D eigenvalue weighted by Crippen LogP contribution is -2.69. The molecule has 24 heavy (non-hydrogen) atoms. The fourth-order valence-corrected chi connectivity index (χ4v) is 3.98. The van der Waals surface area contributed by atoms with Gasteiger partial charge in [0.2, 0.25) is 0 Å². The number of anilines is 2. The first kappa shape index (κ1) is 15.3. The number of urea groups is 1. The first-order valence-electron chi connectivity index (χ1n) is 7.98. The lowest BCUT2D eigenvalue weighted by Gasteiger charge is -2.57. The Labute approximate surface area is 145 Å². The van der Waals surface area contributed by atoms with E-state index in [1.165, 1.54) is 0 Å². The number of nitrogens with one attached hydrogen (secondary N) is 2. The van der Waals surface area contributed by atoms with Gasteiger partial charge < -0.3 is 20.6 Å². The van der Waals surface area contributed by atoms with E-state index in [2.05, 4.69) is 16.7 Å². The molecule has 3 N–H and O–H groups in total. The van der Waals surface area contributed by atoms with E-state index in [0.717, 1.165) is 11.3 Å². The average molecular weight is 344 g/mol. The summed E-state index contributed by atoms with van der Waals surface area (Å²) in [5.74, 6) is 0.157. The van der Waals surface area contributed by atoms with Crippen molar-refractivity contribution in [1.82, 2.24) is 4.90 Å². The number of amides is 2. The summed E-state index contributed by atoms with van der Waals surface area (Å²) in [5, 5.41) is 16.5. The summed E-state index contributed by atoms with van der Waals surface area (Å²) in [6.45, 7) is 0.611. The maximum absolute atomic E-state index is 12.7. The maximum Gasteiger partial charge on any atom is 0.322 e. The van der Waals surface area contributed by atoms with E-state index in [1.807, 2.05) is 30.3 Å². The minimum Gasteiger partial charge on any atom is -0.394 e. The zero-order valence-corrected chi connectivity index (χ0v) is 13.7. The van der Waals surface area contributed by atoms with Crippen molar-refractivity contribution in [3.63, 3.8) is 0 Å². The van der Waals surface area contributed by atoms with Gasteiger partial charge in [0.05, 0.1) is 29.4 Å². The zero-order valence-electron chi connectivity index (χ0n) is 12.9. The number of hydrogen-bond acceptors (Lipinski definition) is 3. The van der Waals surface area contributed by atoms with E-state index in [0.29, 0.717) is 17.3 Å². The van der Waals surface area contributed by atoms with Crippen LogP contribution in [0.4, 0.5) is 16.2 Å². The molecule has 6 heteroatoms. The normalized spacial score (nSPS) is 24.2. The van der Waals surface area contributed by atoms with Crippen molar-refractivity contribution in [2.24, 2.45) is 0 Å². The third-order valence-corrected chi connectivity index (χ3v) is 5.23. The number of carbonyl (C=O) groups is 1. The summed E-state index contributed by atoms with van der Waals surface area (Å²) < 4.78 is 0. The minimum atomic E-state index is -0.232. The highest BCUT2D eigenvalue weighted by Crippen LogP contribution is 2.46.